The number of esters is 2. The summed E-state index contributed by atoms with van der Waals surface area (Å²) in [5.41, 5.74) is 3.76. The van der Waals surface area contributed by atoms with Crippen LogP contribution in [-0.2, 0) is 25.6 Å². The Bertz CT molecular complexity index is 933. The molecule has 2 rings (SSSR count). The molecule has 1 amide bonds. The Hall–Kier alpha value is -3.16. The van der Waals surface area contributed by atoms with Gasteiger partial charge in [-0.05, 0) is 32.3 Å². The fourth-order valence-electron chi connectivity index (χ4n) is 3.23. The van der Waals surface area contributed by atoms with Crippen molar-refractivity contribution in [1.29, 1.82) is 0 Å². The predicted molar refractivity (Wildman–Crippen MR) is 116 cm³/mol. The van der Waals surface area contributed by atoms with E-state index in [2.05, 4.69) is 10.4 Å². The van der Waals surface area contributed by atoms with Gasteiger partial charge in [0.05, 0.1) is 25.0 Å². The second-order valence-corrected chi connectivity index (χ2v) is 7.72. The first-order valence-electron chi connectivity index (χ1n) is 10.3. The lowest BCUT2D eigenvalue weighted by Gasteiger charge is -2.21. The summed E-state index contributed by atoms with van der Waals surface area (Å²) in [6, 6.07) is 7.29. The molecule has 0 spiro atoms. The second-order valence-electron chi connectivity index (χ2n) is 7.72. The van der Waals surface area contributed by atoms with E-state index in [0.717, 1.165) is 5.56 Å². The van der Waals surface area contributed by atoms with Gasteiger partial charge in [0.2, 0.25) is 0 Å². The summed E-state index contributed by atoms with van der Waals surface area (Å²) in [4.78, 5) is 36.8. The maximum Gasteiger partial charge on any atom is 0.342 e. The van der Waals surface area contributed by atoms with Gasteiger partial charge in [0.25, 0.3) is 5.91 Å². The average Bonchev–Trinajstić information content (AvgIpc) is 3.03. The third-order valence-electron chi connectivity index (χ3n) is 5.36. The van der Waals surface area contributed by atoms with Crippen LogP contribution in [0, 0.1) is 26.7 Å². The number of methoxy groups -OCH3 is 1. The number of ether oxygens (including phenoxy) is 2. The number of aromatic nitrogens is 2. The van der Waals surface area contributed by atoms with E-state index in [4.69, 9.17) is 9.47 Å². The van der Waals surface area contributed by atoms with Crippen molar-refractivity contribution in [3.05, 3.63) is 52.3 Å². The second kappa shape index (κ2) is 10.7. The average molecular weight is 430 g/mol. The Kier molecular flexibility index (Phi) is 8.36. The zero-order chi connectivity index (χ0) is 23.1. The van der Waals surface area contributed by atoms with Crippen molar-refractivity contribution in [2.24, 2.45) is 5.92 Å². The van der Waals surface area contributed by atoms with Crippen LogP contribution in [0.25, 0.3) is 0 Å². The summed E-state index contributed by atoms with van der Waals surface area (Å²) < 4.78 is 11.7. The summed E-state index contributed by atoms with van der Waals surface area (Å²) in [5.74, 6) is -1.83. The molecule has 0 unspecified atom stereocenters. The molecule has 2 atom stereocenters. The molecule has 0 saturated carbocycles. The molecule has 0 aliphatic carbocycles. The lowest BCUT2D eigenvalue weighted by atomic mass is 9.99. The van der Waals surface area contributed by atoms with Crippen LogP contribution in [0.5, 0.6) is 0 Å². The molecule has 2 aromatic rings. The van der Waals surface area contributed by atoms with Crippen molar-refractivity contribution >= 4 is 17.8 Å². The zero-order valence-corrected chi connectivity index (χ0v) is 19.0. The molecule has 1 N–H and O–H groups in total. The van der Waals surface area contributed by atoms with E-state index in [1.165, 1.54) is 12.7 Å². The van der Waals surface area contributed by atoms with Crippen LogP contribution in [0.2, 0.25) is 0 Å². The highest BCUT2D eigenvalue weighted by Gasteiger charge is 2.27. The quantitative estimate of drug-likeness (QED) is 0.616. The lowest BCUT2D eigenvalue weighted by molar-refractivity contribution is -0.147. The van der Waals surface area contributed by atoms with Crippen molar-refractivity contribution in [2.75, 3.05) is 13.7 Å². The Morgan fingerprint density at radius 2 is 1.77 bits per heavy atom. The van der Waals surface area contributed by atoms with Gasteiger partial charge in [0, 0.05) is 0 Å². The highest BCUT2D eigenvalue weighted by molar-refractivity contribution is 5.94. The molecule has 1 aromatic heterocycles. The van der Waals surface area contributed by atoms with Crippen LogP contribution in [-0.4, -0.2) is 47.4 Å². The lowest BCUT2D eigenvalue weighted by Crippen LogP contribution is -2.47. The topological polar surface area (TPSA) is 99.5 Å². The first-order valence-corrected chi connectivity index (χ1v) is 10.3. The largest absolute Gasteiger partial charge is 0.467 e. The molecule has 1 aromatic carbocycles. The first kappa shape index (κ1) is 24.1. The molecule has 0 aliphatic rings. The molecule has 8 nitrogen and oxygen atoms in total. The SMILES string of the molecule is CC[C@@H](C)[C@H](NC(=O)COC(=O)c1c(C)nn(Cc2ccc(C)cc2)c1C)C(=O)OC. The van der Waals surface area contributed by atoms with Crippen LogP contribution in [0.15, 0.2) is 24.3 Å². The Morgan fingerprint density at radius 3 is 2.35 bits per heavy atom. The maximum absolute atomic E-state index is 12.6. The molecule has 1 heterocycles. The van der Waals surface area contributed by atoms with E-state index in [0.29, 0.717) is 29.9 Å². The third-order valence-corrected chi connectivity index (χ3v) is 5.36. The van der Waals surface area contributed by atoms with Crippen molar-refractivity contribution < 1.29 is 23.9 Å². The zero-order valence-electron chi connectivity index (χ0n) is 19.0. The number of hydrogen-bond acceptors (Lipinski definition) is 6. The predicted octanol–water partition coefficient (Wildman–Crippen LogP) is 2.72. The highest BCUT2D eigenvalue weighted by atomic mass is 16.5. The number of carbonyl (C=O) groups excluding carboxylic acids is 3. The Labute approximate surface area is 182 Å². The summed E-state index contributed by atoms with van der Waals surface area (Å²) in [6.45, 7) is 9.32. The van der Waals surface area contributed by atoms with Crippen LogP contribution in [0.3, 0.4) is 0 Å². The van der Waals surface area contributed by atoms with E-state index in [1.807, 2.05) is 45.0 Å². The fraction of sp³-hybridized carbons (Fsp3) is 0.478. The number of rotatable bonds is 9. The minimum atomic E-state index is -0.790. The van der Waals surface area contributed by atoms with Crippen molar-refractivity contribution in [2.45, 2.75) is 53.6 Å². The monoisotopic (exact) mass is 429 g/mol. The van der Waals surface area contributed by atoms with Crippen LogP contribution in [0.4, 0.5) is 0 Å². The van der Waals surface area contributed by atoms with Gasteiger partial charge in [-0.25, -0.2) is 9.59 Å². The van der Waals surface area contributed by atoms with Crippen molar-refractivity contribution in [3.8, 4) is 0 Å². The van der Waals surface area contributed by atoms with Gasteiger partial charge < -0.3 is 14.8 Å². The van der Waals surface area contributed by atoms with Crippen LogP contribution < -0.4 is 5.32 Å². The first-order chi connectivity index (χ1) is 14.7. The van der Waals surface area contributed by atoms with Gasteiger partial charge in [0.1, 0.15) is 11.6 Å². The van der Waals surface area contributed by atoms with E-state index >= 15 is 0 Å². The number of nitrogens with one attached hydrogen (secondary N) is 1. The van der Waals surface area contributed by atoms with Crippen LogP contribution in [0.1, 0.15) is 53.1 Å². The van der Waals surface area contributed by atoms with Gasteiger partial charge in [-0.15, -0.1) is 0 Å². The van der Waals surface area contributed by atoms with Crippen molar-refractivity contribution in [3.63, 3.8) is 0 Å². The van der Waals surface area contributed by atoms with Gasteiger partial charge in [0.15, 0.2) is 6.61 Å². The fourth-order valence-corrected chi connectivity index (χ4v) is 3.23. The van der Waals surface area contributed by atoms with Gasteiger partial charge in [-0.2, -0.15) is 5.10 Å². The standard InChI is InChI=1S/C23H31N3O5/c1-7-15(3)21(23(29)30-6)24-19(27)13-31-22(28)20-16(4)25-26(17(20)5)12-18-10-8-14(2)9-11-18/h8-11,15,21H,7,12-13H2,1-6H3,(H,24,27)/t15-,21+/m1/s1. The summed E-state index contributed by atoms with van der Waals surface area (Å²) in [6.07, 6.45) is 0.679. The number of aryl methyl sites for hydroxylation is 2. The molecule has 0 bridgehead atoms. The maximum atomic E-state index is 12.6. The minimum absolute atomic E-state index is 0.114. The van der Waals surface area contributed by atoms with E-state index < -0.39 is 30.5 Å². The number of nitrogens with zero attached hydrogens (tertiary/aromatic N) is 2. The number of amides is 1. The molecule has 8 heteroatoms. The van der Waals surface area contributed by atoms with Gasteiger partial charge in [-0.3, -0.25) is 9.48 Å². The smallest absolute Gasteiger partial charge is 0.342 e. The minimum Gasteiger partial charge on any atom is -0.467 e. The molecule has 168 valence electrons. The molecular weight excluding hydrogens is 398 g/mol. The van der Waals surface area contributed by atoms with E-state index in [9.17, 15) is 14.4 Å². The number of carbonyl (C=O) groups is 3. The molecule has 0 aliphatic heterocycles. The summed E-state index contributed by atoms with van der Waals surface area (Å²) >= 11 is 0. The normalized spacial score (nSPS) is 12.7. The molecule has 31 heavy (non-hydrogen) atoms. The molecule has 0 radical (unpaired) electrons. The summed E-state index contributed by atoms with van der Waals surface area (Å²) in [5, 5.41) is 7.03. The summed E-state index contributed by atoms with van der Waals surface area (Å²) in [7, 11) is 1.27. The van der Waals surface area contributed by atoms with Gasteiger partial charge >= 0.3 is 11.9 Å². The molecule has 0 saturated heterocycles. The van der Waals surface area contributed by atoms with E-state index in [1.54, 1.807) is 18.5 Å². The Morgan fingerprint density at radius 1 is 1.13 bits per heavy atom. The van der Waals surface area contributed by atoms with Crippen molar-refractivity contribution in [1.82, 2.24) is 15.1 Å². The van der Waals surface area contributed by atoms with Gasteiger partial charge in [-0.1, -0.05) is 50.1 Å². The molecular formula is C23H31N3O5. The number of benzene rings is 1. The van der Waals surface area contributed by atoms with Crippen LogP contribution >= 0.6 is 0 Å². The Balaban J connectivity index is 2.03. The van der Waals surface area contributed by atoms with E-state index in [-0.39, 0.29) is 5.92 Å². The number of hydrogen-bond donors (Lipinski definition) is 1. The third kappa shape index (κ3) is 6.16. The highest BCUT2D eigenvalue weighted by Crippen LogP contribution is 2.16. The molecule has 0 fully saturated rings.